The number of nitrogens with zero attached hydrogens (tertiary/aromatic N) is 3. The Hall–Kier alpha value is -0.940. The lowest BCUT2D eigenvalue weighted by Gasteiger charge is -2.36. The first kappa shape index (κ1) is 12.5. The Kier molecular flexibility index (Phi) is 3.79. The molecule has 5 heteroatoms. The fraction of sp³-hybridized carbons (Fsp3) is 0.833. The van der Waals surface area contributed by atoms with Crippen molar-refractivity contribution in [2.75, 3.05) is 6.54 Å². The summed E-state index contributed by atoms with van der Waals surface area (Å²) in [5.41, 5.74) is 0.140. The van der Waals surface area contributed by atoms with Gasteiger partial charge in [0.1, 0.15) is 5.60 Å². The second kappa shape index (κ2) is 5.14. The average molecular weight is 238 g/mol. The predicted octanol–water partition coefficient (Wildman–Crippen LogP) is 1.04. The molecular formula is C12H22N4O. The van der Waals surface area contributed by atoms with E-state index in [4.69, 9.17) is 0 Å². The molecule has 0 radical (unpaired) electrons. The van der Waals surface area contributed by atoms with Gasteiger partial charge in [-0.05, 0) is 39.2 Å². The highest BCUT2D eigenvalue weighted by atomic mass is 16.3. The maximum Gasteiger partial charge on any atom is 0.108 e. The molecular weight excluding hydrogens is 216 g/mol. The van der Waals surface area contributed by atoms with Crippen LogP contribution in [0.4, 0.5) is 0 Å². The van der Waals surface area contributed by atoms with Crippen LogP contribution in [0.3, 0.4) is 0 Å². The first-order valence-electron chi connectivity index (χ1n) is 6.54. The molecule has 1 aromatic rings. The van der Waals surface area contributed by atoms with Crippen LogP contribution >= 0.6 is 0 Å². The van der Waals surface area contributed by atoms with E-state index >= 15 is 0 Å². The maximum absolute atomic E-state index is 10.7. The van der Waals surface area contributed by atoms with Gasteiger partial charge in [0.2, 0.25) is 0 Å². The van der Waals surface area contributed by atoms with Crippen LogP contribution in [0.1, 0.15) is 45.2 Å². The van der Waals surface area contributed by atoms with Crippen molar-refractivity contribution < 1.29 is 5.11 Å². The van der Waals surface area contributed by atoms with E-state index in [0.717, 1.165) is 44.5 Å². The van der Waals surface area contributed by atoms with Crippen molar-refractivity contribution in [2.45, 2.75) is 57.7 Å². The summed E-state index contributed by atoms with van der Waals surface area (Å²) in [6.07, 6.45) is 5.31. The standard InChI is InChI=1S/C12H22N4O/c1-3-13-10-5-7-12(17,8-6-10)11-9-14-15-16(11)4-2/h9-10,13,17H,3-8H2,1-2H3. The summed E-state index contributed by atoms with van der Waals surface area (Å²) in [6, 6.07) is 0.547. The molecule has 0 bridgehead atoms. The van der Waals surface area contributed by atoms with Crippen molar-refractivity contribution in [2.24, 2.45) is 0 Å². The molecule has 17 heavy (non-hydrogen) atoms. The highest BCUT2D eigenvalue weighted by Crippen LogP contribution is 2.36. The molecule has 0 unspecified atom stereocenters. The number of hydrogen-bond acceptors (Lipinski definition) is 4. The lowest BCUT2D eigenvalue weighted by Crippen LogP contribution is -2.40. The van der Waals surface area contributed by atoms with Crippen LogP contribution in [0.5, 0.6) is 0 Å². The minimum atomic E-state index is -0.731. The normalized spacial score (nSPS) is 29.5. The summed E-state index contributed by atoms with van der Waals surface area (Å²) in [6.45, 7) is 5.90. The second-order valence-electron chi connectivity index (χ2n) is 4.80. The monoisotopic (exact) mass is 238 g/mol. The van der Waals surface area contributed by atoms with Crippen LogP contribution in [-0.4, -0.2) is 32.7 Å². The van der Waals surface area contributed by atoms with Crippen molar-refractivity contribution in [3.8, 4) is 0 Å². The summed E-state index contributed by atoms with van der Waals surface area (Å²) in [7, 11) is 0. The fourth-order valence-electron chi connectivity index (χ4n) is 2.70. The molecule has 0 saturated heterocycles. The van der Waals surface area contributed by atoms with Crippen molar-refractivity contribution in [1.29, 1.82) is 0 Å². The van der Waals surface area contributed by atoms with E-state index in [1.807, 2.05) is 6.92 Å². The zero-order valence-electron chi connectivity index (χ0n) is 10.7. The predicted molar refractivity (Wildman–Crippen MR) is 65.5 cm³/mol. The van der Waals surface area contributed by atoms with E-state index in [2.05, 4.69) is 22.6 Å². The van der Waals surface area contributed by atoms with Crippen molar-refractivity contribution >= 4 is 0 Å². The van der Waals surface area contributed by atoms with Crippen LogP contribution < -0.4 is 5.32 Å². The van der Waals surface area contributed by atoms with Gasteiger partial charge in [0.05, 0.1) is 11.9 Å². The Balaban J connectivity index is 2.06. The summed E-state index contributed by atoms with van der Waals surface area (Å²) in [5, 5.41) is 22.1. The number of nitrogens with one attached hydrogen (secondary N) is 1. The Morgan fingerprint density at radius 2 is 2.18 bits per heavy atom. The van der Waals surface area contributed by atoms with Crippen LogP contribution in [0.25, 0.3) is 0 Å². The number of rotatable bonds is 4. The van der Waals surface area contributed by atoms with Gasteiger partial charge in [-0.1, -0.05) is 12.1 Å². The van der Waals surface area contributed by atoms with Gasteiger partial charge in [0.15, 0.2) is 0 Å². The Labute approximate surface area is 102 Å². The molecule has 5 nitrogen and oxygen atoms in total. The molecule has 1 fully saturated rings. The summed E-state index contributed by atoms with van der Waals surface area (Å²) >= 11 is 0. The molecule has 1 aliphatic carbocycles. The van der Waals surface area contributed by atoms with Crippen LogP contribution in [-0.2, 0) is 12.1 Å². The maximum atomic E-state index is 10.7. The highest BCUT2D eigenvalue weighted by molar-refractivity contribution is 5.10. The minimum Gasteiger partial charge on any atom is -0.384 e. The van der Waals surface area contributed by atoms with Gasteiger partial charge in [-0.25, -0.2) is 4.68 Å². The molecule has 1 saturated carbocycles. The molecule has 2 rings (SSSR count). The third-order valence-corrected chi connectivity index (χ3v) is 3.70. The smallest absolute Gasteiger partial charge is 0.108 e. The third-order valence-electron chi connectivity index (χ3n) is 3.70. The topological polar surface area (TPSA) is 63.0 Å². The number of hydrogen-bond donors (Lipinski definition) is 2. The number of aryl methyl sites for hydroxylation is 1. The van der Waals surface area contributed by atoms with E-state index in [9.17, 15) is 5.11 Å². The molecule has 1 aliphatic rings. The molecule has 2 N–H and O–H groups in total. The zero-order valence-corrected chi connectivity index (χ0v) is 10.7. The van der Waals surface area contributed by atoms with Gasteiger partial charge >= 0.3 is 0 Å². The van der Waals surface area contributed by atoms with Gasteiger partial charge in [0, 0.05) is 12.6 Å². The SMILES string of the molecule is CCNC1CCC(O)(c2cnnn2CC)CC1. The molecule has 96 valence electrons. The highest BCUT2D eigenvalue weighted by Gasteiger charge is 2.37. The third kappa shape index (κ3) is 2.50. The van der Waals surface area contributed by atoms with Gasteiger partial charge in [-0.3, -0.25) is 0 Å². The van der Waals surface area contributed by atoms with Gasteiger partial charge in [-0.2, -0.15) is 0 Å². The summed E-state index contributed by atoms with van der Waals surface area (Å²) in [4.78, 5) is 0. The van der Waals surface area contributed by atoms with E-state index in [0.29, 0.717) is 6.04 Å². The zero-order chi connectivity index (χ0) is 12.3. The largest absolute Gasteiger partial charge is 0.384 e. The quantitative estimate of drug-likeness (QED) is 0.822. The summed E-state index contributed by atoms with van der Waals surface area (Å²) in [5.74, 6) is 0. The van der Waals surface area contributed by atoms with Crippen LogP contribution in [0.2, 0.25) is 0 Å². The van der Waals surface area contributed by atoms with E-state index in [1.165, 1.54) is 0 Å². The first-order chi connectivity index (χ1) is 8.19. The molecule has 0 atom stereocenters. The van der Waals surface area contributed by atoms with Crippen molar-refractivity contribution in [3.05, 3.63) is 11.9 Å². The van der Waals surface area contributed by atoms with Crippen LogP contribution in [0, 0.1) is 0 Å². The Morgan fingerprint density at radius 3 is 2.76 bits per heavy atom. The van der Waals surface area contributed by atoms with Gasteiger partial charge < -0.3 is 10.4 Å². The molecule has 0 amide bonds. The molecule has 1 aromatic heterocycles. The van der Waals surface area contributed by atoms with E-state index in [1.54, 1.807) is 10.9 Å². The molecule has 0 aliphatic heterocycles. The van der Waals surface area contributed by atoms with Gasteiger partial charge in [0.25, 0.3) is 0 Å². The summed E-state index contributed by atoms with van der Waals surface area (Å²) < 4.78 is 1.80. The van der Waals surface area contributed by atoms with Crippen molar-refractivity contribution in [1.82, 2.24) is 20.3 Å². The Bertz CT molecular complexity index is 355. The Morgan fingerprint density at radius 1 is 1.47 bits per heavy atom. The van der Waals surface area contributed by atoms with E-state index < -0.39 is 5.60 Å². The fourth-order valence-corrected chi connectivity index (χ4v) is 2.70. The average Bonchev–Trinajstić information content (AvgIpc) is 2.81. The van der Waals surface area contributed by atoms with Crippen molar-refractivity contribution in [3.63, 3.8) is 0 Å². The van der Waals surface area contributed by atoms with E-state index in [-0.39, 0.29) is 0 Å². The van der Waals surface area contributed by atoms with Gasteiger partial charge in [-0.15, -0.1) is 5.10 Å². The first-order valence-corrected chi connectivity index (χ1v) is 6.54. The second-order valence-corrected chi connectivity index (χ2v) is 4.80. The minimum absolute atomic E-state index is 0.547. The lowest BCUT2D eigenvalue weighted by atomic mass is 9.80. The lowest BCUT2D eigenvalue weighted by molar-refractivity contribution is -0.0158. The number of aromatic nitrogens is 3. The molecule has 1 heterocycles. The molecule has 0 spiro atoms. The molecule has 0 aromatic carbocycles. The van der Waals surface area contributed by atoms with Crippen LogP contribution in [0.15, 0.2) is 6.20 Å². The number of aliphatic hydroxyl groups is 1.